The van der Waals surface area contributed by atoms with Crippen LogP contribution in [0.2, 0.25) is 0 Å². The zero-order chi connectivity index (χ0) is 11.4. The molecule has 1 unspecified atom stereocenters. The molecule has 0 aliphatic carbocycles. The highest BCUT2D eigenvalue weighted by molar-refractivity contribution is 5.81. The SMILES string of the molecule is Cn1cc(CNC2CCCCNC2=O)nn1. The molecule has 2 rings (SSSR count). The maximum atomic E-state index is 11.6. The standard InChI is InChI=1S/C10H17N5O/c1-15-7-8(13-14-15)6-12-9-4-2-3-5-11-10(9)16/h7,9,12H,2-6H2,1H3,(H,11,16). The Balaban J connectivity index is 1.86. The van der Waals surface area contributed by atoms with E-state index in [0.29, 0.717) is 6.54 Å². The van der Waals surface area contributed by atoms with Crippen LogP contribution in [0.5, 0.6) is 0 Å². The number of carbonyl (C=O) groups is 1. The first-order valence-corrected chi connectivity index (χ1v) is 5.62. The Morgan fingerprint density at radius 3 is 3.25 bits per heavy atom. The van der Waals surface area contributed by atoms with E-state index < -0.39 is 0 Å². The minimum atomic E-state index is -0.0930. The van der Waals surface area contributed by atoms with E-state index in [9.17, 15) is 4.79 Å². The quantitative estimate of drug-likeness (QED) is 0.729. The molecule has 2 heterocycles. The normalized spacial score (nSPS) is 21.6. The molecule has 1 saturated heterocycles. The molecule has 1 aliphatic rings. The van der Waals surface area contributed by atoms with Crippen molar-refractivity contribution < 1.29 is 4.79 Å². The number of carbonyl (C=O) groups excluding carboxylic acids is 1. The molecular formula is C10H17N5O. The summed E-state index contributed by atoms with van der Waals surface area (Å²) in [6, 6.07) is -0.0930. The van der Waals surface area contributed by atoms with Crippen molar-refractivity contribution in [3.05, 3.63) is 11.9 Å². The highest BCUT2D eigenvalue weighted by Gasteiger charge is 2.19. The van der Waals surface area contributed by atoms with Crippen molar-refractivity contribution in [1.29, 1.82) is 0 Å². The summed E-state index contributed by atoms with van der Waals surface area (Å²) < 4.78 is 1.66. The topological polar surface area (TPSA) is 71.8 Å². The fourth-order valence-electron chi connectivity index (χ4n) is 1.84. The van der Waals surface area contributed by atoms with Gasteiger partial charge in [0.1, 0.15) is 0 Å². The molecule has 6 nitrogen and oxygen atoms in total. The molecule has 1 fully saturated rings. The summed E-state index contributed by atoms with van der Waals surface area (Å²) in [6.07, 6.45) is 4.89. The Labute approximate surface area is 94.4 Å². The first-order valence-electron chi connectivity index (χ1n) is 5.62. The van der Waals surface area contributed by atoms with Crippen molar-refractivity contribution in [1.82, 2.24) is 25.6 Å². The largest absolute Gasteiger partial charge is 0.355 e. The van der Waals surface area contributed by atoms with Gasteiger partial charge in [0.2, 0.25) is 5.91 Å². The number of nitrogens with zero attached hydrogens (tertiary/aromatic N) is 3. The molecule has 1 aromatic rings. The second-order valence-electron chi connectivity index (χ2n) is 4.10. The first-order chi connectivity index (χ1) is 7.75. The van der Waals surface area contributed by atoms with Gasteiger partial charge in [0.15, 0.2) is 0 Å². The van der Waals surface area contributed by atoms with Gasteiger partial charge < -0.3 is 10.6 Å². The van der Waals surface area contributed by atoms with Crippen LogP contribution in [-0.2, 0) is 18.4 Å². The third-order valence-corrected chi connectivity index (χ3v) is 2.71. The van der Waals surface area contributed by atoms with Gasteiger partial charge in [-0.1, -0.05) is 5.21 Å². The molecule has 0 spiro atoms. The van der Waals surface area contributed by atoms with E-state index in [-0.39, 0.29) is 11.9 Å². The van der Waals surface area contributed by atoms with Crippen LogP contribution in [0.3, 0.4) is 0 Å². The maximum Gasteiger partial charge on any atom is 0.237 e. The van der Waals surface area contributed by atoms with Gasteiger partial charge in [-0.05, 0) is 19.3 Å². The lowest BCUT2D eigenvalue weighted by Gasteiger charge is -2.13. The Kier molecular flexibility index (Phi) is 3.51. The van der Waals surface area contributed by atoms with E-state index in [0.717, 1.165) is 31.5 Å². The van der Waals surface area contributed by atoms with Crippen molar-refractivity contribution in [2.75, 3.05) is 6.54 Å². The summed E-state index contributed by atoms with van der Waals surface area (Å²) in [4.78, 5) is 11.6. The minimum absolute atomic E-state index is 0.0930. The van der Waals surface area contributed by atoms with Gasteiger partial charge in [0.05, 0.1) is 11.7 Å². The van der Waals surface area contributed by atoms with Crippen LogP contribution in [-0.4, -0.2) is 33.5 Å². The Hall–Kier alpha value is -1.43. The molecule has 88 valence electrons. The fraction of sp³-hybridized carbons (Fsp3) is 0.700. The molecule has 0 aromatic carbocycles. The molecule has 1 atom stereocenters. The molecular weight excluding hydrogens is 206 g/mol. The molecule has 16 heavy (non-hydrogen) atoms. The van der Waals surface area contributed by atoms with E-state index >= 15 is 0 Å². The van der Waals surface area contributed by atoms with Crippen LogP contribution >= 0.6 is 0 Å². The van der Waals surface area contributed by atoms with Crippen molar-refractivity contribution in [3.63, 3.8) is 0 Å². The summed E-state index contributed by atoms with van der Waals surface area (Å²) in [5.41, 5.74) is 0.861. The number of rotatable bonds is 3. The van der Waals surface area contributed by atoms with E-state index in [1.54, 1.807) is 4.68 Å². The van der Waals surface area contributed by atoms with Crippen molar-refractivity contribution in [2.45, 2.75) is 31.8 Å². The predicted molar refractivity (Wildman–Crippen MR) is 58.5 cm³/mol. The minimum Gasteiger partial charge on any atom is -0.355 e. The summed E-state index contributed by atoms with van der Waals surface area (Å²) in [6.45, 7) is 1.38. The lowest BCUT2D eigenvalue weighted by molar-refractivity contribution is -0.122. The zero-order valence-electron chi connectivity index (χ0n) is 9.44. The number of hydrogen-bond donors (Lipinski definition) is 2. The lowest BCUT2D eigenvalue weighted by atomic mass is 10.1. The average Bonchev–Trinajstić information content (AvgIpc) is 2.56. The number of nitrogens with one attached hydrogen (secondary N) is 2. The molecule has 0 saturated carbocycles. The van der Waals surface area contributed by atoms with Crippen LogP contribution < -0.4 is 10.6 Å². The lowest BCUT2D eigenvalue weighted by Crippen LogP contribution is -2.42. The predicted octanol–water partition coefficient (Wildman–Crippen LogP) is -0.427. The zero-order valence-corrected chi connectivity index (χ0v) is 9.44. The van der Waals surface area contributed by atoms with Gasteiger partial charge in [0, 0.05) is 26.3 Å². The molecule has 0 radical (unpaired) electrons. The van der Waals surface area contributed by atoms with E-state index in [1.807, 2.05) is 13.2 Å². The van der Waals surface area contributed by atoms with Crippen LogP contribution in [0.25, 0.3) is 0 Å². The molecule has 2 N–H and O–H groups in total. The fourth-order valence-corrected chi connectivity index (χ4v) is 1.84. The molecule has 0 bridgehead atoms. The second kappa shape index (κ2) is 5.07. The number of aryl methyl sites for hydroxylation is 1. The molecule has 1 amide bonds. The van der Waals surface area contributed by atoms with E-state index in [2.05, 4.69) is 20.9 Å². The van der Waals surface area contributed by atoms with Crippen molar-refractivity contribution >= 4 is 5.91 Å². The Morgan fingerprint density at radius 1 is 1.62 bits per heavy atom. The number of aromatic nitrogens is 3. The summed E-state index contributed by atoms with van der Waals surface area (Å²) in [5, 5.41) is 13.9. The maximum absolute atomic E-state index is 11.6. The summed E-state index contributed by atoms with van der Waals surface area (Å²) in [7, 11) is 1.83. The monoisotopic (exact) mass is 223 g/mol. The Morgan fingerprint density at radius 2 is 2.50 bits per heavy atom. The van der Waals surface area contributed by atoms with Gasteiger partial charge in [0.25, 0.3) is 0 Å². The summed E-state index contributed by atoms with van der Waals surface area (Å²) >= 11 is 0. The van der Waals surface area contributed by atoms with Gasteiger partial charge in [-0.15, -0.1) is 5.10 Å². The van der Waals surface area contributed by atoms with Gasteiger partial charge in [-0.3, -0.25) is 9.48 Å². The van der Waals surface area contributed by atoms with Crippen molar-refractivity contribution in [3.8, 4) is 0 Å². The Bertz CT molecular complexity index is 362. The highest BCUT2D eigenvalue weighted by atomic mass is 16.2. The van der Waals surface area contributed by atoms with E-state index in [1.165, 1.54) is 0 Å². The smallest absolute Gasteiger partial charge is 0.237 e. The third-order valence-electron chi connectivity index (χ3n) is 2.71. The number of amides is 1. The van der Waals surface area contributed by atoms with Gasteiger partial charge in [-0.25, -0.2) is 0 Å². The molecule has 1 aliphatic heterocycles. The van der Waals surface area contributed by atoms with Crippen molar-refractivity contribution in [2.24, 2.45) is 7.05 Å². The number of hydrogen-bond acceptors (Lipinski definition) is 4. The first kappa shape index (κ1) is 11.1. The molecule has 6 heteroatoms. The van der Waals surface area contributed by atoms with Gasteiger partial charge >= 0.3 is 0 Å². The van der Waals surface area contributed by atoms with Crippen LogP contribution in [0.4, 0.5) is 0 Å². The van der Waals surface area contributed by atoms with Crippen LogP contribution in [0, 0.1) is 0 Å². The average molecular weight is 223 g/mol. The summed E-state index contributed by atoms with van der Waals surface area (Å²) in [5.74, 6) is 0.0985. The third kappa shape index (κ3) is 2.79. The van der Waals surface area contributed by atoms with E-state index in [4.69, 9.17) is 0 Å². The van der Waals surface area contributed by atoms with Gasteiger partial charge in [-0.2, -0.15) is 0 Å². The van der Waals surface area contributed by atoms with Crippen LogP contribution in [0.15, 0.2) is 6.20 Å². The molecule has 1 aromatic heterocycles. The second-order valence-corrected chi connectivity index (χ2v) is 4.10. The van der Waals surface area contributed by atoms with Crippen LogP contribution in [0.1, 0.15) is 25.0 Å². The highest BCUT2D eigenvalue weighted by Crippen LogP contribution is 2.05.